The van der Waals surface area contributed by atoms with Crippen LogP contribution in [0.3, 0.4) is 0 Å². The van der Waals surface area contributed by atoms with Crippen LogP contribution in [0.1, 0.15) is 6.92 Å². The zero-order valence-corrected chi connectivity index (χ0v) is 7.22. The number of amides is 1. The van der Waals surface area contributed by atoms with Gasteiger partial charge in [-0.2, -0.15) is 0 Å². The van der Waals surface area contributed by atoms with Gasteiger partial charge in [-0.05, 0) is 14.0 Å². The highest BCUT2D eigenvalue weighted by molar-refractivity contribution is 5.77. The molecule has 0 heterocycles. The summed E-state index contributed by atoms with van der Waals surface area (Å²) in [6.07, 6.45) is 5.17. The van der Waals surface area contributed by atoms with Crippen molar-refractivity contribution in [3.8, 4) is 12.3 Å². The van der Waals surface area contributed by atoms with E-state index in [1.807, 2.05) is 14.0 Å². The normalized spacial score (nSPS) is 12.3. The van der Waals surface area contributed by atoms with Gasteiger partial charge in [0.15, 0.2) is 0 Å². The van der Waals surface area contributed by atoms with E-state index in [-0.39, 0.29) is 11.9 Å². The first-order valence-corrected chi connectivity index (χ1v) is 3.48. The van der Waals surface area contributed by atoms with Crippen LogP contribution >= 0.6 is 0 Å². The maximum atomic E-state index is 10.8. The maximum Gasteiger partial charge on any atom is 0.233 e. The van der Waals surface area contributed by atoms with Crippen LogP contribution in [0.15, 0.2) is 0 Å². The molecular formula is C8H14N2O. The van der Waals surface area contributed by atoms with Gasteiger partial charge in [0, 0.05) is 7.05 Å². The Morgan fingerprint density at radius 2 is 2.36 bits per heavy atom. The molecule has 0 aliphatic heterocycles. The van der Waals surface area contributed by atoms with E-state index in [1.54, 1.807) is 11.9 Å². The van der Waals surface area contributed by atoms with E-state index >= 15 is 0 Å². The van der Waals surface area contributed by atoms with Crippen LogP contribution in [0, 0.1) is 12.3 Å². The minimum atomic E-state index is -0.0189. The Kier molecular flexibility index (Phi) is 4.32. The predicted molar refractivity (Wildman–Crippen MR) is 45.0 cm³/mol. The van der Waals surface area contributed by atoms with Crippen molar-refractivity contribution in [3.63, 3.8) is 0 Å². The van der Waals surface area contributed by atoms with Crippen LogP contribution < -0.4 is 5.32 Å². The Hall–Kier alpha value is -1.01. The third kappa shape index (κ3) is 3.64. The molecular weight excluding hydrogens is 140 g/mol. The van der Waals surface area contributed by atoms with Crippen LogP contribution in [-0.2, 0) is 4.79 Å². The van der Waals surface area contributed by atoms with Crippen molar-refractivity contribution in [2.45, 2.75) is 13.0 Å². The summed E-state index contributed by atoms with van der Waals surface area (Å²) in [5.41, 5.74) is 0. The highest BCUT2D eigenvalue weighted by Crippen LogP contribution is 1.91. The molecule has 62 valence electrons. The van der Waals surface area contributed by atoms with Gasteiger partial charge < -0.3 is 5.32 Å². The first-order chi connectivity index (χ1) is 5.11. The second-order valence-corrected chi connectivity index (χ2v) is 2.43. The average molecular weight is 154 g/mol. The molecule has 1 N–H and O–H groups in total. The van der Waals surface area contributed by atoms with Crippen LogP contribution in [0.4, 0.5) is 0 Å². The van der Waals surface area contributed by atoms with Crippen molar-refractivity contribution in [1.29, 1.82) is 0 Å². The largest absolute Gasteiger partial charge is 0.358 e. The van der Waals surface area contributed by atoms with Gasteiger partial charge in [0.1, 0.15) is 0 Å². The number of carbonyl (C=O) groups excluding carboxylic acids is 1. The molecule has 0 rings (SSSR count). The number of carbonyl (C=O) groups is 1. The molecule has 0 aromatic heterocycles. The molecule has 1 atom stereocenters. The third-order valence-corrected chi connectivity index (χ3v) is 1.57. The van der Waals surface area contributed by atoms with E-state index in [1.165, 1.54) is 0 Å². The standard InChI is InChI=1S/C8H14N2O/c1-5-7(2)10(4)6-8(11)9-3/h1,7H,6H2,2-4H3,(H,9,11). The Morgan fingerprint density at radius 1 is 1.82 bits per heavy atom. The van der Waals surface area contributed by atoms with E-state index in [0.717, 1.165) is 0 Å². The molecule has 1 amide bonds. The smallest absolute Gasteiger partial charge is 0.233 e. The van der Waals surface area contributed by atoms with Crippen molar-refractivity contribution in [2.75, 3.05) is 20.6 Å². The van der Waals surface area contributed by atoms with Gasteiger partial charge in [-0.1, -0.05) is 5.92 Å². The van der Waals surface area contributed by atoms with Crippen molar-refractivity contribution in [3.05, 3.63) is 0 Å². The molecule has 0 aliphatic rings. The van der Waals surface area contributed by atoms with Crippen LogP contribution in [-0.4, -0.2) is 37.5 Å². The van der Waals surface area contributed by atoms with Crippen molar-refractivity contribution >= 4 is 5.91 Å². The summed E-state index contributed by atoms with van der Waals surface area (Å²) in [6, 6.07) is 0.00676. The SMILES string of the molecule is C#CC(C)N(C)CC(=O)NC. The summed E-state index contributed by atoms with van der Waals surface area (Å²) >= 11 is 0. The molecule has 0 aromatic rings. The minimum Gasteiger partial charge on any atom is -0.358 e. The summed E-state index contributed by atoms with van der Waals surface area (Å²) in [6.45, 7) is 2.23. The van der Waals surface area contributed by atoms with Crippen LogP contribution in [0.2, 0.25) is 0 Å². The number of nitrogens with one attached hydrogen (secondary N) is 1. The summed E-state index contributed by atoms with van der Waals surface area (Å²) in [5.74, 6) is 2.52. The second-order valence-electron chi connectivity index (χ2n) is 2.43. The molecule has 1 unspecified atom stereocenters. The Bertz CT molecular complexity index is 171. The van der Waals surface area contributed by atoms with Crippen LogP contribution in [0.25, 0.3) is 0 Å². The highest BCUT2D eigenvalue weighted by Gasteiger charge is 2.08. The second kappa shape index (κ2) is 4.75. The molecule has 0 bridgehead atoms. The summed E-state index contributed by atoms with van der Waals surface area (Å²) in [4.78, 5) is 12.6. The molecule has 0 saturated carbocycles. The average Bonchev–Trinajstić information content (AvgIpc) is 2.02. The fourth-order valence-electron chi connectivity index (χ4n) is 0.570. The lowest BCUT2D eigenvalue weighted by molar-refractivity contribution is -0.121. The van der Waals surface area contributed by atoms with Crippen molar-refractivity contribution < 1.29 is 4.79 Å². The van der Waals surface area contributed by atoms with Gasteiger partial charge in [0.25, 0.3) is 0 Å². The van der Waals surface area contributed by atoms with E-state index < -0.39 is 0 Å². The topological polar surface area (TPSA) is 32.3 Å². The fraction of sp³-hybridized carbons (Fsp3) is 0.625. The summed E-state index contributed by atoms with van der Waals surface area (Å²) < 4.78 is 0. The Morgan fingerprint density at radius 3 is 2.73 bits per heavy atom. The maximum absolute atomic E-state index is 10.8. The van der Waals surface area contributed by atoms with Crippen molar-refractivity contribution in [2.24, 2.45) is 0 Å². The zero-order valence-electron chi connectivity index (χ0n) is 7.22. The lowest BCUT2D eigenvalue weighted by atomic mass is 10.3. The van der Waals surface area contributed by atoms with Gasteiger partial charge in [-0.3, -0.25) is 9.69 Å². The van der Waals surface area contributed by atoms with E-state index in [2.05, 4.69) is 11.2 Å². The lowest BCUT2D eigenvalue weighted by Gasteiger charge is -2.18. The highest BCUT2D eigenvalue weighted by atomic mass is 16.1. The van der Waals surface area contributed by atoms with E-state index in [0.29, 0.717) is 6.54 Å². The molecule has 11 heavy (non-hydrogen) atoms. The summed E-state index contributed by atoms with van der Waals surface area (Å²) in [7, 11) is 3.43. The third-order valence-electron chi connectivity index (χ3n) is 1.57. The Labute approximate surface area is 67.8 Å². The Balaban J connectivity index is 3.79. The van der Waals surface area contributed by atoms with Gasteiger partial charge in [-0.15, -0.1) is 6.42 Å². The number of nitrogens with zero attached hydrogens (tertiary/aromatic N) is 1. The van der Waals surface area contributed by atoms with Gasteiger partial charge in [0.05, 0.1) is 12.6 Å². The lowest BCUT2D eigenvalue weighted by Crippen LogP contribution is -2.37. The molecule has 0 aromatic carbocycles. The predicted octanol–water partition coefficient (Wildman–Crippen LogP) is -0.314. The number of rotatable bonds is 3. The summed E-state index contributed by atoms with van der Waals surface area (Å²) in [5, 5.41) is 2.53. The number of likely N-dealkylation sites (N-methyl/N-ethyl adjacent to an activating group) is 2. The molecule has 3 nitrogen and oxygen atoms in total. The molecule has 3 heteroatoms. The van der Waals surface area contributed by atoms with E-state index in [9.17, 15) is 4.79 Å². The zero-order chi connectivity index (χ0) is 8.85. The number of hydrogen-bond donors (Lipinski definition) is 1. The first-order valence-electron chi connectivity index (χ1n) is 3.48. The molecule has 0 saturated heterocycles. The van der Waals surface area contributed by atoms with Crippen LogP contribution in [0.5, 0.6) is 0 Å². The number of hydrogen-bond acceptors (Lipinski definition) is 2. The molecule has 0 fully saturated rings. The molecule has 0 radical (unpaired) electrons. The van der Waals surface area contributed by atoms with Gasteiger partial charge >= 0.3 is 0 Å². The molecule has 0 aliphatic carbocycles. The quantitative estimate of drug-likeness (QED) is 0.565. The number of terminal acetylenes is 1. The minimum absolute atomic E-state index is 0.00676. The first kappa shape index (κ1) is 9.99. The molecule has 0 spiro atoms. The van der Waals surface area contributed by atoms with Gasteiger partial charge in [0.2, 0.25) is 5.91 Å². The monoisotopic (exact) mass is 154 g/mol. The van der Waals surface area contributed by atoms with Gasteiger partial charge in [-0.25, -0.2) is 0 Å². The fourth-order valence-corrected chi connectivity index (χ4v) is 0.570. The van der Waals surface area contributed by atoms with Crippen molar-refractivity contribution in [1.82, 2.24) is 10.2 Å². The van der Waals surface area contributed by atoms with E-state index in [4.69, 9.17) is 6.42 Å².